The molecule has 2 heterocycles. The van der Waals surface area contributed by atoms with Gasteiger partial charge >= 0.3 is 5.97 Å². The second-order valence-corrected chi connectivity index (χ2v) is 5.73. The Bertz CT molecular complexity index is 924. The van der Waals surface area contributed by atoms with E-state index in [2.05, 4.69) is 15.8 Å². The number of non-ortho nitro benzene ring substituents is 1. The standard InChI is InChI=1S/C17H13N5O4/c23-17-16(21(20-26-17)12-4-2-1-3-5-12)15-10-14(18-19-15)11-6-8-13(9-7-11)22(24)25/h1-9,14,20H,10H2/b16-15-. The fourth-order valence-electron chi connectivity index (χ4n) is 2.83. The van der Waals surface area contributed by atoms with Gasteiger partial charge in [-0.3, -0.25) is 10.1 Å². The maximum absolute atomic E-state index is 12.1. The van der Waals surface area contributed by atoms with E-state index in [0.29, 0.717) is 12.1 Å². The summed E-state index contributed by atoms with van der Waals surface area (Å²) in [4.78, 5) is 27.4. The van der Waals surface area contributed by atoms with Gasteiger partial charge in [-0.15, -0.1) is 0 Å². The van der Waals surface area contributed by atoms with Crippen molar-refractivity contribution in [2.24, 2.45) is 10.2 Å². The van der Waals surface area contributed by atoms with E-state index in [-0.39, 0.29) is 17.4 Å². The molecule has 1 unspecified atom stereocenters. The Morgan fingerprint density at radius 1 is 1.15 bits per heavy atom. The van der Waals surface area contributed by atoms with Gasteiger partial charge in [-0.05, 0) is 29.8 Å². The molecule has 2 aromatic rings. The van der Waals surface area contributed by atoms with Crippen molar-refractivity contribution in [1.82, 2.24) is 5.59 Å². The summed E-state index contributed by atoms with van der Waals surface area (Å²) in [5.74, 6) is -0.535. The molecule has 2 aromatic carbocycles. The first-order valence-corrected chi connectivity index (χ1v) is 7.84. The Kier molecular flexibility index (Phi) is 3.90. The summed E-state index contributed by atoms with van der Waals surface area (Å²) in [5.41, 5.74) is 4.89. The predicted octanol–water partition coefficient (Wildman–Crippen LogP) is 3.19. The third kappa shape index (κ3) is 2.80. The van der Waals surface area contributed by atoms with Crippen molar-refractivity contribution in [1.29, 1.82) is 0 Å². The lowest BCUT2D eigenvalue weighted by Gasteiger charge is -2.16. The normalized spacial score (nSPS) is 21.9. The number of rotatable bonds is 3. The van der Waals surface area contributed by atoms with Gasteiger partial charge in [0, 0.05) is 18.6 Å². The lowest BCUT2D eigenvalue weighted by Crippen LogP contribution is -2.29. The topological polar surface area (TPSA) is 109 Å². The van der Waals surface area contributed by atoms with Crippen LogP contribution in [0.15, 0.2) is 76.2 Å². The number of hydrogen-bond donors (Lipinski definition) is 1. The number of hydrazine groups is 1. The molecule has 0 saturated carbocycles. The number of carbonyl (C=O) groups excluding carboxylic acids is 1. The molecule has 1 fully saturated rings. The number of nitro benzene ring substituents is 1. The highest BCUT2D eigenvalue weighted by Gasteiger charge is 2.35. The number of nitro groups is 1. The minimum absolute atomic E-state index is 0.0149. The highest BCUT2D eigenvalue weighted by atomic mass is 16.7. The van der Waals surface area contributed by atoms with E-state index in [9.17, 15) is 14.9 Å². The maximum Gasteiger partial charge on any atom is 0.378 e. The van der Waals surface area contributed by atoms with Crippen LogP contribution >= 0.6 is 0 Å². The van der Waals surface area contributed by atoms with Crippen molar-refractivity contribution in [2.75, 3.05) is 5.01 Å². The second-order valence-electron chi connectivity index (χ2n) is 5.73. The van der Waals surface area contributed by atoms with E-state index in [4.69, 9.17) is 4.84 Å². The molecule has 1 N–H and O–H groups in total. The molecule has 0 aromatic heterocycles. The average molecular weight is 351 g/mol. The fraction of sp³-hybridized carbons (Fsp3) is 0.118. The molecule has 0 spiro atoms. The Morgan fingerprint density at radius 3 is 2.58 bits per heavy atom. The summed E-state index contributed by atoms with van der Waals surface area (Å²) in [6.07, 6.45) is 0.396. The SMILES string of the molecule is O=C1ONN(c2ccccc2)/C1=C1/CC(c2ccc([N+](=O)[O-])cc2)N=N1. The summed E-state index contributed by atoms with van der Waals surface area (Å²) in [7, 11) is 0. The van der Waals surface area contributed by atoms with Crippen molar-refractivity contribution in [2.45, 2.75) is 12.5 Å². The summed E-state index contributed by atoms with van der Waals surface area (Å²) < 4.78 is 0. The summed E-state index contributed by atoms with van der Waals surface area (Å²) in [6.45, 7) is 0. The molecule has 0 bridgehead atoms. The number of benzene rings is 2. The van der Waals surface area contributed by atoms with Crippen LogP contribution in [0, 0.1) is 10.1 Å². The van der Waals surface area contributed by atoms with Crippen molar-refractivity contribution in [3.63, 3.8) is 0 Å². The van der Waals surface area contributed by atoms with Gasteiger partial charge in [0.2, 0.25) is 0 Å². The first-order valence-electron chi connectivity index (χ1n) is 7.84. The molecule has 2 aliphatic rings. The minimum atomic E-state index is -0.535. The van der Waals surface area contributed by atoms with Crippen LogP contribution in [-0.4, -0.2) is 10.9 Å². The van der Waals surface area contributed by atoms with Crippen molar-refractivity contribution >= 4 is 17.3 Å². The van der Waals surface area contributed by atoms with E-state index in [0.717, 1.165) is 11.3 Å². The van der Waals surface area contributed by atoms with E-state index >= 15 is 0 Å². The van der Waals surface area contributed by atoms with Crippen LogP contribution in [0.1, 0.15) is 18.0 Å². The highest BCUT2D eigenvalue weighted by molar-refractivity contribution is 5.95. The first-order chi connectivity index (χ1) is 12.6. The minimum Gasteiger partial charge on any atom is -0.345 e. The Morgan fingerprint density at radius 2 is 1.88 bits per heavy atom. The van der Waals surface area contributed by atoms with Crippen molar-refractivity contribution < 1.29 is 14.6 Å². The smallest absolute Gasteiger partial charge is 0.345 e. The lowest BCUT2D eigenvalue weighted by atomic mass is 10.0. The number of nitrogens with one attached hydrogen (secondary N) is 1. The van der Waals surface area contributed by atoms with Gasteiger partial charge in [0.15, 0.2) is 5.70 Å². The van der Waals surface area contributed by atoms with Gasteiger partial charge in [-0.1, -0.05) is 23.8 Å². The third-order valence-electron chi connectivity index (χ3n) is 4.13. The van der Waals surface area contributed by atoms with Crippen LogP contribution in [0.25, 0.3) is 0 Å². The number of para-hydroxylation sites is 1. The highest BCUT2D eigenvalue weighted by Crippen LogP contribution is 2.37. The molecule has 9 nitrogen and oxygen atoms in total. The molecule has 130 valence electrons. The van der Waals surface area contributed by atoms with Crippen molar-refractivity contribution in [3.8, 4) is 0 Å². The van der Waals surface area contributed by atoms with E-state index in [1.54, 1.807) is 12.1 Å². The molecule has 4 rings (SSSR count). The number of carbonyl (C=O) groups is 1. The fourth-order valence-corrected chi connectivity index (χ4v) is 2.83. The average Bonchev–Trinajstić information content (AvgIpc) is 3.29. The van der Waals surface area contributed by atoms with Gasteiger partial charge in [0.1, 0.15) is 6.04 Å². The number of nitrogens with zero attached hydrogens (tertiary/aromatic N) is 4. The molecule has 2 aliphatic heterocycles. The molecule has 0 amide bonds. The molecule has 1 atom stereocenters. The quantitative estimate of drug-likeness (QED) is 0.517. The predicted molar refractivity (Wildman–Crippen MR) is 90.5 cm³/mol. The second kappa shape index (κ2) is 6.37. The Hall–Kier alpha value is -3.59. The number of hydrogen-bond acceptors (Lipinski definition) is 8. The lowest BCUT2D eigenvalue weighted by molar-refractivity contribution is -0.384. The van der Waals surface area contributed by atoms with E-state index in [1.165, 1.54) is 17.1 Å². The zero-order valence-electron chi connectivity index (χ0n) is 13.4. The van der Waals surface area contributed by atoms with E-state index in [1.807, 2.05) is 30.3 Å². The monoisotopic (exact) mass is 351 g/mol. The van der Waals surface area contributed by atoms with Crippen LogP contribution in [0.2, 0.25) is 0 Å². The summed E-state index contributed by atoms with van der Waals surface area (Å²) >= 11 is 0. The largest absolute Gasteiger partial charge is 0.378 e. The molecule has 26 heavy (non-hydrogen) atoms. The van der Waals surface area contributed by atoms with Gasteiger partial charge in [-0.25, -0.2) is 9.80 Å². The van der Waals surface area contributed by atoms with E-state index < -0.39 is 10.9 Å². The Labute approximate surface area is 147 Å². The van der Waals surface area contributed by atoms with Crippen molar-refractivity contribution in [3.05, 3.63) is 81.7 Å². The van der Waals surface area contributed by atoms with Gasteiger partial charge < -0.3 is 4.84 Å². The molecule has 1 saturated heterocycles. The third-order valence-corrected chi connectivity index (χ3v) is 4.13. The molecular weight excluding hydrogens is 338 g/mol. The zero-order chi connectivity index (χ0) is 18.1. The van der Waals surface area contributed by atoms with Crippen LogP contribution in [0.5, 0.6) is 0 Å². The van der Waals surface area contributed by atoms with Crippen LogP contribution in [0.4, 0.5) is 11.4 Å². The molecular formula is C17H13N5O4. The van der Waals surface area contributed by atoms with Crippen LogP contribution in [0.3, 0.4) is 0 Å². The molecule has 9 heteroatoms. The van der Waals surface area contributed by atoms with Crippen LogP contribution in [-0.2, 0) is 9.63 Å². The molecule has 0 radical (unpaired) electrons. The first kappa shape index (κ1) is 15.9. The Balaban J connectivity index is 1.61. The van der Waals surface area contributed by atoms with Crippen LogP contribution < -0.4 is 10.6 Å². The maximum atomic E-state index is 12.1. The van der Waals surface area contributed by atoms with Gasteiger partial charge in [0.25, 0.3) is 5.69 Å². The summed E-state index contributed by atoms with van der Waals surface area (Å²) in [6, 6.07) is 15.1. The number of azo groups is 1. The summed E-state index contributed by atoms with van der Waals surface area (Å²) in [5, 5.41) is 20.6. The van der Waals surface area contributed by atoms with Gasteiger partial charge in [0.05, 0.1) is 16.3 Å². The number of anilines is 1. The van der Waals surface area contributed by atoms with Gasteiger partial charge in [-0.2, -0.15) is 10.2 Å². The molecule has 0 aliphatic carbocycles. The zero-order valence-corrected chi connectivity index (χ0v) is 13.4.